The Balaban J connectivity index is 1.75. The van der Waals surface area contributed by atoms with E-state index in [0.717, 1.165) is 29.8 Å². The third-order valence-corrected chi connectivity index (χ3v) is 3.86. The second-order valence-corrected chi connectivity index (χ2v) is 5.23. The third kappa shape index (κ3) is 1.95. The van der Waals surface area contributed by atoms with Gasteiger partial charge >= 0.3 is 0 Å². The zero-order chi connectivity index (χ0) is 13.4. The highest BCUT2D eigenvalue weighted by Crippen LogP contribution is 2.28. The Bertz CT molecular complexity index is 708. The lowest BCUT2D eigenvalue weighted by Gasteiger charge is -2.17. The van der Waals surface area contributed by atoms with Crippen LogP contribution in [0.15, 0.2) is 52.9 Å². The highest BCUT2D eigenvalue weighted by molar-refractivity contribution is 5.76. The van der Waals surface area contributed by atoms with Crippen LogP contribution < -0.4 is 4.90 Å². The Hall–Kier alpha value is -2.29. The predicted molar refractivity (Wildman–Crippen MR) is 80.9 cm³/mol. The molecule has 1 aromatic heterocycles. The average Bonchev–Trinajstić information content (AvgIpc) is 3.16. The van der Waals surface area contributed by atoms with Gasteiger partial charge < -0.3 is 9.32 Å². The minimum absolute atomic E-state index is 0.701. The molecule has 1 fully saturated rings. The van der Waals surface area contributed by atoms with Crippen molar-refractivity contribution in [2.24, 2.45) is 0 Å². The minimum Gasteiger partial charge on any atom is -0.436 e. The Morgan fingerprint density at radius 3 is 2.65 bits per heavy atom. The van der Waals surface area contributed by atoms with Gasteiger partial charge in [0.2, 0.25) is 5.89 Å². The molecule has 3 aromatic rings. The first-order chi connectivity index (χ1) is 9.90. The van der Waals surface area contributed by atoms with E-state index in [2.05, 4.69) is 34.1 Å². The van der Waals surface area contributed by atoms with Gasteiger partial charge in [-0.3, -0.25) is 0 Å². The van der Waals surface area contributed by atoms with Crippen LogP contribution in [-0.2, 0) is 0 Å². The number of aromatic nitrogens is 1. The van der Waals surface area contributed by atoms with Gasteiger partial charge in [0.05, 0.1) is 0 Å². The molecule has 0 radical (unpaired) electrons. The second-order valence-electron chi connectivity index (χ2n) is 5.23. The molecule has 0 amide bonds. The molecular formula is C17H16N2O. The molecule has 2 aromatic carbocycles. The van der Waals surface area contributed by atoms with Crippen LogP contribution in [0.3, 0.4) is 0 Å². The summed E-state index contributed by atoms with van der Waals surface area (Å²) in [4.78, 5) is 6.99. The van der Waals surface area contributed by atoms with Gasteiger partial charge in [-0.15, -0.1) is 0 Å². The first kappa shape index (κ1) is 11.5. The Morgan fingerprint density at radius 1 is 0.950 bits per heavy atom. The van der Waals surface area contributed by atoms with Crippen LogP contribution in [0.1, 0.15) is 12.8 Å². The number of para-hydroxylation sites is 2. The highest BCUT2D eigenvalue weighted by Gasteiger charge is 2.14. The average molecular weight is 264 g/mol. The van der Waals surface area contributed by atoms with E-state index in [9.17, 15) is 0 Å². The number of nitrogens with zero attached hydrogens (tertiary/aromatic N) is 2. The van der Waals surface area contributed by atoms with Crippen LogP contribution in [-0.4, -0.2) is 18.1 Å². The molecule has 1 saturated heterocycles. The lowest BCUT2D eigenvalue weighted by atomic mass is 10.2. The van der Waals surface area contributed by atoms with Crippen molar-refractivity contribution in [3.63, 3.8) is 0 Å². The molecule has 0 atom stereocenters. The summed E-state index contributed by atoms with van der Waals surface area (Å²) in [6, 6.07) is 16.4. The number of oxazole rings is 1. The topological polar surface area (TPSA) is 29.3 Å². The fourth-order valence-corrected chi connectivity index (χ4v) is 2.81. The molecule has 2 heterocycles. The van der Waals surface area contributed by atoms with E-state index in [0.29, 0.717) is 5.89 Å². The zero-order valence-electron chi connectivity index (χ0n) is 11.2. The molecule has 3 heteroatoms. The van der Waals surface area contributed by atoms with Crippen molar-refractivity contribution in [2.75, 3.05) is 18.0 Å². The van der Waals surface area contributed by atoms with E-state index in [1.165, 1.54) is 18.5 Å². The summed E-state index contributed by atoms with van der Waals surface area (Å²) in [6.45, 7) is 2.30. The summed E-state index contributed by atoms with van der Waals surface area (Å²) in [5, 5.41) is 0. The van der Waals surface area contributed by atoms with Crippen molar-refractivity contribution in [1.29, 1.82) is 0 Å². The van der Waals surface area contributed by atoms with Crippen LogP contribution in [0.25, 0.3) is 22.6 Å². The van der Waals surface area contributed by atoms with Crippen LogP contribution in [0.2, 0.25) is 0 Å². The maximum Gasteiger partial charge on any atom is 0.227 e. The molecule has 0 spiro atoms. The maximum absolute atomic E-state index is 5.84. The number of hydrogen-bond donors (Lipinski definition) is 0. The van der Waals surface area contributed by atoms with Gasteiger partial charge in [0.1, 0.15) is 5.52 Å². The first-order valence-corrected chi connectivity index (χ1v) is 7.11. The molecular weight excluding hydrogens is 248 g/mol. The molecule has 0 unspecified atom stereocenters. The van der Waals surface area contributed by atoms with Gasteiger partial charge in [-0.1, -0.05) is 18.2 Å². The van der Waals surface area contributed by atoms with Gasteiger partial charge in [-0.2, -0.15) is 0 Å². The first-order valence-electron chi connectivity index (χ1n) is 7.11. The Kier molecular flexibility index (Phi) is 2.69. The molecule has 1 aliphatic heterocycles. The van der Waals surface area contributed by atoms with Crippen molar-refractivity contribution in [2.45, 2.75) is 12.8 Å². The molecule has 100 valence electrons. The summed E-state index contributed by atoms with van der Waals surface area (Å²) >= 11 is 0. The molecule has 4 rings (SSSR count). The number of fused-ring (bicyclic) bond motifs is 1. The predicted octanol–water partition coefficient (Wildman–Crippen LogP) is 4.10. The Labute approximate surface area is 117 Å². The molecule has 1 aliphatic rings. The normalized spacial score (nSPS) is 15.1. The van der Waals surface area contributed by atoms with E-state index in [1.807, 2.05) is 24.3 Å². The quantitative estimate of drug-likeness (QED) is 0.698. The minimum atomic E-state index is 0.701. The van der Waals surface area contributed by atoms with E-state index < -0.39 is 0 Å². The number of hydrogen-bond acceptors (Lipinski definition) is 3. The SMILES string of the molecule is c1cc(-c2nc3ccccc3o2)cc(N2CCCC2)c1. The molecule has 0 saturated carbocycles. The Morgan fingerprint density at radius 2 is 1.80 bits per heavy atom. The molecule has 0 bridgehead atoms. The fraction of sp³-hybridized carbons (Fsp3) is 0.235. The molecule has 3 nitrogen and oxygen atoms in total. The van der Waals surface area contributed by atoms with Gasteiger partial charge in [0.15, 0.2) is 5.58 Å². The largest absolute Gasteiger partial charge is 0.436 e. The summed E-state index contributed by atoms with van der Waals surface area (Å²) in [5.74, 6) is 0.701. The summed E-state index contributed by atoms with van der Waals surface area (Å²) in [7, 11) is 0. The number of anilines is 1. The lowest BCUT2D eigenvalue weighted by molar-refractivity contribution is 0.620. The summed E-state index contributed by atoms with van der Waals surface area (Å²) in [5.41, 5.74) is 4.07. The fourth-order valence-electron chi connectivity index (χ4n) is 2.81. The number of benzene rings is 2. The summed E-state index contributed by atoms with van der Waals surface area (Å²) in [6.07, 6.45) is 2.57. The van der Waals surface area contributed by atoms with E-state index in [-0.39, 0.29) is 0 Å². The number of rotatable bonds is 2. The van der Waals surface area contributed by atoms with Crippen LogP contribution >= 0.6 is 0 Å². The van der Waals surface area contributed by atoms with Crippen molar-refractivity contribution >= 4 is 16.8 Å². The van der Waals surface area contributed by atoms with Crippen molar-refractivity contribution in [3.05, 3.63) is 48.5 Å². The van der Waals surface area contributed by atoms with Crippen molar-refractivity contribution < 1.29 is 4.42 Å². The van der Waals surface area contributed by atoms with Crippen LogP contribution in [0.5, 0.6) is 0 Å². The smallest absolute Gasteiger partial charge is 0.227 e. The molecule has 0 aliphatic carbocycles. The summed E-state index contributed by atoms with van der Waals surface area (Å²) < 4.78 is 5.84. The van der Waals surface area contributed by atoms with Crippen molar-refractivity contribution in [1.82, 2.24) is 4.98 Å². The van der Waals surface area contributed by atoms with Gasteiger partial charge in [-0.05, 0) is 43.2 Å². The molecule has 0 N–H and O–H groups in total. The van der Waals surface area contributed by atoms with E-state index in [1.54, 1.807) is 0 Å². The third-order valence-electron chi connectivity index (χ3n) is 3.86. The monoisotopic (exact) mass is 264 g/mol. The zero-order valence-corrected chi connectivity index (χ0v) is 11.2. The van der Waals surface area contributed by atoms with Crippen molar-refractivity contribution in [3.8, 4) is 11.5 Å². The van der Waals surface area contributed by atoms with Gasteiger partial charge in [-0.25, -0.2) is 4.98 Å². The van der Waals surface area contributed by atoms with Gasteiger partial charge in [0, 0.05) is 24.3 Å². The standard InChI is InChI=1S/C17H16N2O/c1-2-9-16-15(8-1)18-17(20-16)13-6-5-7-14(12-13)19-10-3-4-11-19/h1-2,5-9,12H,3-4,10-11H2. The molecule has 20 heavy (non-hydrogen) atoms. The van der Waals surface area contributed by atoms with Crippen LogP contribution in [0.4, 0.5) is 5.69 Å². The van der Waals surface area contributed by atoms with Gasteiger partial charge in [0.25, 0.3) is 0 Å². The second kappa shape index (κ2) is 4.67. The van der Waals surface area contributed by atoms with E-state index in [4.69, 9.17) is 4.42 Å². The lowest BCUT2D eigenvalue weighted by Crippen LogP contribution is -2.17. The maximum atomic E-state index is 5.84. The van der Waals surface area contributed by atoms with E-state index >= 15 is 0 Å². The highest BCUT2D eigenvalue weighted by atomic mass is 16.3. The van der Waals surface area contributed by atoms with Crippen LogP contribution in [0, 0.1) is 0 Å².